The maximum atomic E-state index is 11.5. The molecule has 1 aliphatic rings. The lowest BCUT2D eigenvalue weighted by molar-refractivity contribution is -0.138. The van der Waals surface area contributed by atoms with Crippen molar-refractivity contribution >= 4 is 11.9 Å². The molecular weight excluding hydrogens is 246 g/mol. The number of aliphatic carboxylic acids is 1. The molecule has 110 valence electrons. The van der Waals surface area contributed by atoms with Crippen LogP contribution >= 0.6 is 0 Å². The van der Waals surface area contributed by atoms with E-state index in [1.54, 1.807) is 0 Å². The standard InChI is InChI=1S/C13H25N3O3/c1-11(2)3-4-15-5-7-16(8-6-15)10-12(17)14-9-13(18)19/h11H,3-10H2,1-2H3,(H,14,17)(H,18,19). The Morgan fingerprint density at radius 1 is 1.16 bits per heavy atom. The molecule has 0 aliphatic carbocycles. The van der Waals surface area contributed by atoms with Crippen LogP contribution in [-0.4, -0.2) is 72.6 Å². The number of carboxylic acid groups (broad SMARTS) is 1. The van der Waals surface area contributed by atoms with Gasteiger partial charge in [0.1, 0.15) is 6.54 Å². The number of hydrogen-bond acceptors (Lipinski definition) is 4. The molecule has 1 saturated heterocycles. The second kappa shape index (κ2) is 8.12. The number of carbonyl (C=O) groups excluding carboxylic acids is 1. The average molecular weight is 271 g/mol. The first-order valence-electron chi connectivity index (χ1n) is 6.90. The van der Waals surface area contributed by atoms with E-state index in [4.69, 9.17) is 5.11 Å². The van der Waals surface area contributed by atoms with Gasteiger partial charge >= 0.3 is 5.97 Å². The minimum absolute atomic E-state index is 0.210. The zero-order chi connectivity index (χ0) is 14.3. The molecule has 1 rings (SSSR count). The molecular formula is C13H25N3O3. The van der Waals surface area contributed by atoms with Gasteiger partial charge in [-0.15, -0.1) is 0 Å². The number of rotatable bonds is 7. The van der Waals surface area contributed by atoms with Crippen molar-refractivity contribution in [3.05, 3.63) is 0 Å². The predicted molar refractivity (Wildman–Crippen MR) is 73.0 cm³/mol. The summed E-state index contributed by atoms with van der Waals surface area (Å²) in [5.41, 5.74) is 0. The van der Waals surface area contributed by atoms with Crippen molar-refractivity contribution in [3.8, 4) is 0 Å². The number of carbonyl (C=O) groups is 2. The second-order valence-electron chi connectivity index (χ2n) is 5.47. The number of hydrogen-bond donors (Lipinski definition) is 2. The van der Waals surface area contributed by atoms with Gasteiger partial charge in [-0.2, -0.15) is 0 Å². The summed E-state index contributed by atoms with van der Waals surface area (Å²) in [6.45, 7) is 9.29. The number of amides is 1. The van der Waals surface area contributed by atoms with Crippen LogP contribution in [0.3, 0.4) is 0 Å². The normalized spacial score (nSPS) is 17.6. The molecule has 6 nitrogen and oxygen atoms in total. The summed E-state index contributed by atoms with van der Waals surface area (Å²) in [6.07, 6.45) is 1.21. The Morgan fingerprint density at radius 2 is 1.74 bits per heavy atom. The fraction of sp³-hybridized carbons (Fsp3) is 0.846. The maximum absolute atomic E-state index is 11.5. The molecule has 1 heterocycles. The summed E-state index contributed by atoms with van der Waals surface area (Å²) in [6, 6.07) is 0. The second-order valence-corrected chi connectivity index (χ2v) is 5.47. The molecule has 0 aromatic rings. The molecule has 0 saturated carbocycles. The van der Waals surface area contributed by atoms with Crippen LogP contribution in [0.4, 0.5) is 0 Å². The summed E-state index contributed by atoms with van der Waals surface area (Å²) in [7, 11) is 0. The topological polar surface area (TPSA) is 72.9 Å². The first-order chi connectivity index (χ1) is 8.97. The van der Waals surface area contributed by atoms with Gasteiger partial charge in [-0.25, -0.2) is 0 Å². The largest absolute Gasteiger partial charge is 0.480 e. The number of carboxylic acids is 1. The molecule has 1 fully saturated rings. The highest BCUT2D eigenvalue weighted by molar-refractivity contribution is 5.82. The first-order valence-corrected chi connectivity index (χ1v) is 6.90. The Labute approximate surface area is 114 Å². The zero-order valence-corrected chi connectivity index (χ0v) is 11.9. The third-order valence-corrected chi connectivity index (χ3v) is 3.29. The van der Waals surface area contributed by atoms with E-state index in [9.17, 15) is 9.59 Å². The van der Waals surface area contributed by atoms with Gasteiger partial charge in [0.05, 0.1) is 6.54 Å². The SMILES string of the molecule is CC(C)CCN1CCN(CC(=O)NCC(=O)O)CC1. The van der Waals surface area contributed by atoms with Crippen LogP contribution in [0.25, 0.3) is 0 Å². The lowest BCUT2D eigenvalue weighted by Gasteiger charge is -2.34. The molecule has 2 N–H and O–H groups in total. The lowest BCUT2D eigenvalue weighted by atomic mass is 10.1. The van der Waals surface area contributed by atoms with E-state index >= 15 is 0 Å². The Bertz CT molecular complexity index is 300. The number of nitrogens with one attached hydrogen (secondary N) is 1. The van der Waals surface area contributed by atoms with Crippen molar-refractivity contribution in [2.45, 2.75) is 20.3 Å². The molecule has 0 aromatic heterocycles. The van der Waals surface area contributed by atoms with Crippen LogP contribution < -0.4 is 5.32 Å². The molecule has 19 heavy (non-hydrogen) atoms. The van der Waals surface area contributed by atoms with Gasteiger partial charge in [0.15, 0.2) is 0 Å². The monoisotopic (exact) mass is 271 g/mol. The summed E-state index contributed by atoms with van der Waals surface area (Å²) < 4.78 is 0. The van der Waals surface area contributed by atoms with Gasteiger partial charge in [-0.05, 0) is 18.9 Å². The molecule has 1 aliphatic heterocycles. The van der Waals surface area contributed by atoms with Crippen molar-refractivity contribution < 1.29 is 14.7 Å². The van der Waals surface area contributed by atoms with E-state index in [-0.39, 0.29) is 12.5 Å². The molecule has 0 aromatic carbocycles. The zero-order valence-electron chi connectivity index (χ0n) is 11.9. The Kier molecular flexibility index (Phi) is 6.80. The molecule has 6 heteroatoms. The van der Waals surface area contributed by atoms with E-state index in [2.05, 4.69) is 29.0 Å². The van der Waals surface area contributed by atoms with Crippen LogP contribution in [-0.2, 0) is 9.59 Å². The van der Waals surface area contributed by atoms with Gasteiger partial charge in [-0.3, -0.25) is 14.5 Å². The van der Waals surface area contributed by atoms with E-state index < -0.39 is 5.97 Å². The van der Waals surface area contributed by atoms with Gasteiger partial charge in [0.2, 0.25) is 5.91 Å². The summed E-state index contributed by atoms with van der Waals surface area (Å²) in [4.78, 5) is 26.3. The number of piperazine rings is 1. The summed E-state index contributed by atoms with van der Waals surface area (Å²) in [5.74, 6) is -0.496. The molecule has 0 unspecified atom stereocenters. The number of nitrogens with zero attached hydrogens (tertiary/aromatic N) is 2. The van der Waals surface area contributed by atoms with E-state index in [0.29, 0.717) is 6.54 Å². The maximum Gasteiger partial charge on any atom is 0.322 e. The van der Waals surface area contributed by atoms with Crippen molar-refractivity contribution in [1.82, 2.24) is 15.1 Å². The smallest absolute Gasteiger partial charge is 0.322 e. The van der Waals surface area contributed by atoms with Gasteiger partial charge in [0, 0.05) is 26.2 Å². The average Bonchev–Trinajstić information content (AvgIpc) is 2.35. The van der Waals surface area contributed by atoms with Crippen LogP contribution in [0.15, 0.2) is 0 Å². The molecule has 0 atom stereocenters. The van der Waals surface area contributed by atoms with E-state index in [1.165, 1.54) is 6.42 Å². The molecule has 1 amide bonds. The highest BCUT2D eigenvalue weighted by Gasteiger charge is 2.18. The minimum atomic E-state index is -1.01. The highest BCUT2D eigenvalue weighted by atomic mass is 16.4. The fourth-order valence-corrected chi connectivity index (χ4v) is 2.04. The van der Waals surface area contributed by atoms with E-state index in [1.807, 2.05) is 0 Å². The van der Waals surface area contributed by atoms with Crippen LogP contribution in [0.1, 0.15) is 20.3 Å². The third-order valence-electron chi connectivity index (χ3n) is 3.29. The van der Waals surface area contributed by atoms with Crippen LogP contribution in [0, 0.1) is 5.92 Å². The lowest BCUT2D eigenvalue weighted by Crippen LogP contribution is -2.50. The predicted octanol–water partition coefficient (Wildman–Crippen LogP) is -0.149. The summed E-state index contributed by atoms with van der Waals surface area (Å²) >= 11 is 0. The van der Waals surface area contributed by atoms with Crippen molar-refractivity contribution in [1.29, 1.82) is 0 Å². The van der Waals surface area contributed by atoms with Gasteiger partial charge in [-0.1, -0.05) is 13.8 Å². The Hall–Kier alpha value is -1.14. The third kappa shape index (κ3) is 7.12. The highest BCUT2D eigenvalue weighted by Crippen LogP contribution is 2.06. The first kappa shape index (κ1) is 15.9. The quantitative estimate of drug-likeness (QED) is 0.674. The van der Waals surface area contributed by atoms with Crippen molar-refractivity contribution in [2.75, 3.05) is 45.8 Å². The Morgan fingerprint density at radius 3 is 2.26 bits per heavy atom. The Balaban J connectivity index is 2.15. The summed E-state index contributed by atoms with van der Waals surface area (Å²) in [5, 5.41) is 10.9. The van der Waals surface area contributed by atoms with Crippen molar-refractivity contribution in [3.63, 3.8) is 0 Å². The fourth-order valence-electron chi connectivity index (χ4n) is 2.04. The van der Waals surface area contributed by atoms with Crippen LogP contribution in [0.5, 0.6) is 0 Å². The molecule has 0 bridgehead atoms. The van der Waals surface area contributed by atoms with Crippen LogP contribution in [0.2, 0.25) is 0 Å². The molecule has 0 radical (unpaired) electrons. The van der Waals surface area contributed by atoms with Gasteiger partial charge < -0.3 is 15.3 Å². The minimum Gasteiger partial charge on any atom is -0.480 e. The van der Waals surface area contributed by atoms with Crippen molar-refractivity contribution in [2.24, 2.45) is 5.92 Å². The van der Waals surface area contributed by atoms with Gasteiger partial charge in [0.25, 0.3) is 0 Å². The molecule has 0 spiro atoms. The van der Waals surface area contributed by atoms with E-state index in [0.717, 1.165) is 38.6 Å².